The topological polar surface area (TPSA) is 9.23 Å². The summed E-state index contributed by atoms with van der Waals surface area (Å²) in [5, 5.41) is 0. The van der Waals surface area contributed by atoms with Gasteiger partial charge in [0.1, 0.15) is 5.75 Å². The van der Waals surface area contributed by atoms with Crippen LogP contribution in [0.5, 0.6) is 5.75 Å². The highest BCUT2D eigenvalue weighted by Gasteiger charge is 1.92. The minimum atomic E-state index is 0.721. The van der Waals surface area contributed by atoms with Gasteiger partial charge in [-0.25, -0.2) is 0 Å². The first-order chi connectivity index (χ1) is 6.22. The molecule has 13 heavy (non-hydrogen) atoms. The molecule has 0 heterocycles. The summed E-state index contributed by atoms with van der Waals surface area (Å²) in [5.74, 6) is 0.942. The van der Waals surface area contributed by atoms with Crippen LogP contribution in [0.4, 0.5) is 0 Å². The molecule has 1 nitrogen and oxygen atoms in total. The first-order valence-corrected chi connectivity index (χ1v) is 4.60. The van der Waals surface area contributed by atoms with Crippen LogP contribution in [0, 0.1) is 0 Å². The van der Waals surface area contributed by atoms with Crippen molar-refractivity contribution in [2.45, 2.75) is 20.8 Å². The van der Waals surface area contributed by atoms with E-state index in [-0.39, 0.29) is 0 Å². The van der Waals surface area contributed by atoms with Crippen LogP contribution in [0.25, 0.3) is 6.08 Å². The van der Waals surface area contributed by atoms with Crippen molar-refractivity contribution in [2.24, 2.45) is 0 Å². The fourth-order valence-electron chi connectivity index (χ4n) is 1.19. The van der Waals surface area contributed by atoms with E-state index in [9.17, 15) is 0 Å². The Balaban J connectivity index is 2.85. The van der Waals surface area contributed by atoms with Gasteiger partial charge in [0.15, 0.2) is 0 Å². The number of ether oxygens (including phenoxy) is 1. The summed E-state index contributed by atoms with van der Waals surface area (Å²) in [6.45, 7) is 6.90. The number of allylic oxidation sites excluding steroid dienone is 1. The van der Waals surface area contributed by atoms with Crippen molar-refractivity contribution in [3.05, 3.63) is 35.4 Å². The van der Waals surface area contributed by atoms with Gasteiger partial charge in [0, 0.05) is 0 Å². The Morgan fingerprint density at radius 2 is 2.15 bits per heavy atom. The number of hydrogen-bond acceptors (Lipinski definition) is 1. The predicted molar refractivity (Wildman–Crippen MR) is 56.9 cm³/mol. The molecule has 0 aliphatic heterocycles. The second-order valence-electron chi connectivity index (χ2n) is 3.23. The van der Waals surface area contributed by atoms with Gasteiger partial charge in [-0.3, -0.25) is 0 Å². The lowest BCUT2D eigenvalue weighted by Crippen LogP contribution is -1.90. The Kier molecular flexibility index (Phi) is 3.56. The van der Waals surface area contributed by atoms with E-state index in [1.807, 2.05) is 19.1 Å². The highest BCUT2D eigenvalue weighted by atomic mass is 16.5. The van der Waals surface area contributed by atoms with Crippen molar-refractivity contribution in [1.29, 1.82) is 0 Å². The van der Waals surface area contributed by atoms with E-state index in [4.69, 9.17) is 4.74 Å². The van der Waals surface area contributed by atoms with E-state index < -0.39 is 0 Å². The first kappa shape index (κ1) is 9.85. The Labute approximate surface area is 80.0 Å². The highest BCUT2D eigenvalue weighted by molar-refractivity contribution is 5.53. The summed E-state index contributed by atoms with van der Waals surface area (Å²) < 4.78 is 5.40. The average Bonchev–Trinajstić information content (AvgIpc) is 2.04. The van der Waals surface area contributed by atoms with E-state index in [0.717, 1.165) is 12.4 Å². The Morgan fingerprint density at radius 3 is 2.77 bits per heavy atom. The summed E-state index contributed by atoms with van der Waals surface area (Å²) in [4.78, 5) is 0. The van der Waals surface area contributed by atoms with Gasteiger partial charge in [-0.15, -0.1) is 0 Å². The molecule has 0 aliphatic carbocycles. The fourth-order valence-corrected chi connectivity index (χ4v) is 1.19. The summed E-state index contributed by atoms with van der Waals surface area (Å²) in [5.41, 5.74) is 2.50. The van der Waals surface area contributed by atoms with Crippen LogP contribution >= 0.6 is 0 Å². The maximum Gasteiger partial charge on any atom is 0.119 e. The van der Waals surface area contributed by atoms with Crippen molar-refractivity contribution in [2.75, 3.05) is 6.61 Å². The molecule has 1 rings (SSSR count). The third-order valence-corrected chi connectivity index (χ3v) is 1.62. The van der Waals surface area contributed by atoms with Crippen LogP contribution in [0.1, 0.15) is 26.3 Å². The largest absolute Gasteiger partial charge is 0.494 e. The van der Waals surface area contributed by atoms with Crippen LogP contribution in [-0.2, 0) is 0 Å². The molecule has 1 aromatic carbocycles. The normalized spacial score (nSPS) is 9.46. The number of benzene rings is 1. The number of rotatable bonds is 3. The maximum atomic E-state index is 5.40. The molecule has 70 valence electrons. The van der Waals surface area contributed by atoms with Gasteiger partial charge in [-0.2, -0.15) is 0 Å². The smallest absolute Gasteiger partial charge is 0.119 e. The molecule has 0 aromatic heterocycles. The van der Waals surface area contributed by atoms with E-state index in [2.05, 4.69) is 32.1 Å². The summed E-state index contributed by atoms with van der Waals surface area (Å²) >= 11 is 0. The molecule has 1 aromatic rings. The van der Waals surface area contributed by atoms with E-state index in [0.29, 0.717) is 0 Å². The van der Waals surface area contributed by atoms with E-state index in [1.54, 1.807) is 0 Å². The predicted octanol–water partition coefficient (Wildman–Crippen LogP) is 3.51. The average molecular weight is 176 g/mol. The van der Waals surface area contributed by atoms with E-state index >= 15 is 0 Å². The van der Waals surface area contributed by atoms with Crippen molar-refractivity contribution in [3.8, 4) is 5.75 Å². The second kappa shape index (κ2) is 4.70. The lowest BCUT2D eigenvalue weighted by molar-refractivity contribution is 0.340. The van der Waals surface area contributed by atoms with E-state index in [1.165, 1.54) is 11.1 Å². The molecule has 0 bridgehead atoms. The van der Waals surface area contributed by atoms with Crippen LogP contribution in [0.2, 0.25) is 0 Å². The molecular weight excluding hydrogens is 160 g/mol. The van der Waals surface area contributed by atoms with Crippen LogP contribution < -0.4 is 4.74 Å². The van der Waals surface area contributed by atoms with Crippen molar-refractivity contribution in [3.63, 3.8) is 0 Å². The number of hydrogen-bond donors (Lipinski definition) is 0. The van der Waals surface area contributed by atoms with Gasteiger partial charge < -0.3 is 4.74 Å². The Hall–Kier alpha value is -1.24. The summed E-state index contributed by atoms with van der Waals surface area (Å²) in [6, 6.07) is 8.12. The van der Waals surface area contributed by atoms with Gasteiger partial charge in [0.25, 0.3) is 0 Å². The molecule has 0 spiro atoms. The standard InChI is InChI=1S/C12H16O/c1-4-13-12-7-5-6-11(9-12)8-10(2)3/h5-9H,4H2,1-3H3. The molecule has 0 aliphatic rings. The van der Waals surface area contributed by atoms with Crippen LogP contribution in [0.15, 0.2) is 29.8 Å². The minimum Gasteiger partial charge on any atom is -0.494 e. The molecule has 0 saturated heterocycles. The Morgan fingerprint density at radius 1 is 1.38 bits per heavy atom. The quantitative estimate of drug-likeness (QED) is 0.684. The molecular formula is C12H16O. The Bertz CT molecular complexity index is 296. The van der Waals surface area contributed by atoms with Crippen LogP contribution in [0.3, 0.4) is 0 Å². The van der Waals surface area contributed by atoms with Gasteiger partial charge in [0.2, 0.25) is 0 Å². The summed E-state index contributed by atoms with van der Waals surface area (Å²) in [7, 11) is 0. The van der Waals surface area contributed by atoms with Gasteiger partial charge >= 0.3 is 0 Å². The maximum absolute atomic E-state index is 5.40. The first-order valence-electron chi connectivity index (χ1n) is 4.60. The molecule has 0 atom stereocenters. The SMILES string of the molecule is CCOc1cccc(C=C(C)C)c1. The lowest BCUT2D eigenvalue weighted by Gasteiger charge is -2.03. The lowest BCUT2D eigenvalue weighted by atomic mass is 10.1. The fraction of sp³-hybridized carbons (Fsp3) is 0.333. The minimum absolute atomic E-state index is 0.721. The van der Waals surface area contributed by atoms with Gasteiger partial charge in [-0.1, -0.05) is 23.8 Å². The van der Waals surface area contributed by atoms with Crippen molar-refractivity contribution >= 4 is 6.08 Å². The molecule has 0 saturated carbocycles. The van der Waals surface area contributed by atoms with Crippen molar-refractivity contribution < 1.29 is 4.74 Å². The molecule has 0 radical (unpaired) electrons. The highest BCUT2D eigenvalue weighted by Crippen LogP contribution is 2.15. The second-order valence-corrected chi connectivity index (χ2v) is 3.23. The zero-order valence-corrected chi connectivity index (χ0v) is 8.50. The van der Waals surface area contributed by atoms with Gasteiger partial charge in [-0.05, 0) is 38.5 Å². The van der Waals surface area contributed by atoms with Crippen molar-refractivity contribution in [1.82, 2.24) is 0 Å². The molecule has 0 fully saturated rings. The zero-order chi connectivity index (χ0) is 9.68. The van der Waals surface area contributed by atoms with Crippen LogP contribution in [-0.4, -0.2) is 6.61 Å². The summed E-state index contributed by atoms with van der Waals surface area (Å²) in [6.07, 6.45) is 2.14. The third-order valence-electron chi connectivity index (χ3n) is 1.62. The molecule has 0 N–H and O–H groups in total. The monoisotopic (exact) mass is 176 g/mol. The van der Waals surface area contributed by atoms with Gasteiger partial charge in [0.05, 0.1) is 6.61 Å². The molecule has 0 amide bonds. The zero-order valence-electron chi connectivity index (χ0n) is 8.50. The third kappa shape index (κ3) is 3.32. The molecule has 0 unspecified atom stereocenters. The molecule has 1 heteroatoms.